The summed E-state index contributed by atoms with van der Waals surface area (Å²) in [5, 5.41) is 2.17. The highest BCUT2D eigenvalue weighted by Gasteiger charge is 2.40. The van der Waals surface area contributed by atoms with Crippen LogP contribution in [0.25, 0.3) is 32.3 Å². The van der Waals surface area contributed by atoms with E-state index < -0.39 is 0 Å². The lowest BCUT2D eigenvalue weighted by Gasteiger charge is -2.33. The Kier molecular flexibility index (Phi) is 2.64. The maximum Gasteiger partial charge on any atom is 0.256 e. The summed E-state index contributed by atoms with van der Waals surface area (Å²) >= 11 is 0. The summed E-state index contributed by atoms with van der Waals surface area (Å²) in [6.45, 7) is 7.86. The average Bonchev–Trinajstić information content (AvgIpc) is 3.12. The van der Waals surface area contributed by atoms with Crippen molar-refractivity contribution in [2.75, 3.05) is 0 Å². The van der Waals surface area contributed by atoms with E-state index in [0.717, 1.165) is 39.0 Å². The van der Waals surface area contributed by atoms with Crippen molar-refractivity contribution in [3.63, 3.8) is 0 Å². The van der Waals surface area contributed by atoms with Gasteiger partial charge in [0.25, 0.3) is 6.71 Å². The predicted octanol–water partition coefficient (Wildman–Crippen LogP) is 4.27. The Bertz CT molecular complexity index is 1560. The number of rotatable bonds is 0. The molecule has 132 valence electrons. The van der Waals surface area contributed by atoms with Crippen molar-refractivity contribution < 1.29 is 4.74 Å². The molecule has 0 fully saturated rings. The highest BCUT2D eigenvalue weighted by molar-refractivity contribution is 6.99. The van der Waals surface area contributed by atoms with Crippen LogP contribution in [-0.4, -0.2) is 11.3 Å². The molecule has 3 nitrogen and oxygen atoms in total. The minimum absolute atomic E-state index is 0.102. The number of aromatic nitrogens is 1. The second kappa shape index (κ2) is 5.09. The van der Waals surface area contributed by atoms with E-state index in [-0.39, 0.29) is 6.71 Å². The standard InChI is InChI=1S/C25H13BN2O/c1-27-18-14-13-17-25-23(18)15-7-2-4-9-19(15)28(25)20-10-6-12-22-24(20)26(17)16-8-3-5-11-21(16)29-22/h2-14H. The van der Waals surface area contributed by atoms with E-state index in [4.69, 9.17) is 11.3 Å². The fourth-order valence-corrected chi connectivity index (χ4v) is 5.20. The molecule has 0 saturated carbocycles. The van der Waals surface area contributed by atoms with Gasteiger partial charge in [0.05, 0.1) is 12.1 Å². The van der Waals surface area contributed by atoms with Gasteiger partial charge in [0.1, 0.15) is 11.5 Å². The van der Waals surface area contributed by atoms with Crippen LogP contribution < -0.4 is 21.1 Å². The SMILES string of the molecule is [C-]#[N+]c1ccc2c3c1c1ccccc1n3-c1cccc3c1B2c1ccccc1O3. The van der Waals surface area contributed by atoms with Gasteiger partial charge in [0.15, 0.2) is 5.69 Å². The lowest BCUT2D eigenvalue weighted by molar-refractivity contribution is 0.487. The molecule has 0 atom stereocenters. The van der Waals surface area contributed by atoms with Gasteiger partial charge >= 0.3 is 0 Å². The third-order valence-corrected chi connectivity index (χ3v) is 6.28. The van der Waals surface area contributed by atoms with Gasteiger partial charge < -0.3 is 9.30 Å². The molecule has 4 heteroatoms. The number of hydrogen-bond donors (Lipinski definition) is 0. The van der Waals surface area contributed by atoms with E-state index in [0.29, 0.717) is 5.69 Å². The first-order valence-electron chi connectivity index (χ1n) is 9.70. The van der Waals surface area contributed by atoms with E-state index in [1.54, 1.807) is 0 Å². The summed E-state index contributed by atoms with van der Waals surface area (Å²) in [7, 11) is 0. The summed E-state index contributed by atoms with van der Waals surface area (Å²) < 4.78 is 8.63. The molecule has 0 radical (unpaired) electrons. The Morgan fingerprint density at radius 3 is 2.55 bits per heavy atom. The fraction of sp³-hybridized carbons (Fsp3) is 0. The van der Waals surface area contributed by atoms with Crippen LogP contribution >= 0.6 is 0 Å². The molecule has 7 rings (SSSR count). The Morgan fingerprint density at radius 2 is 1.62 bits per heavy atom. The molecule has 4 aromatic carbocycles. The summed E-state index contributed by atoms with van der Waals surface area (Å²) in [4.78, 5) is 3.86. The lowest BCUT2D eigenvalue weighted by atomic mass is 9.34. The maximum atomic E-state index is 7.75. The van der Waals surface area contributed by atoms with Crippen LogP contribution in [0.1, 0.15) is 0 Å². The van der Waals surface area contributed by atoms with E-state index in [2.05, 4.69) is 70.1 Å². The number of nitrogens with zero attached hydrogens (tertiary/aromatic N) is 2. The van der Waals surface area contributed by atoms with E-state index in [9.17, 15) is 0 Å². The molecule has 2 aliphatic rings. The molecule has 0 saturated heterocycles. The maximum absolute atomic E-state index is 7.75. The van der Waals surface area contributed by atoms with Crippen molar-refractivity contribution in [2.24, 2.45) is 0 Å². The second-order valence-electron chi connectivity index (χ2n) is 7.62. The minimum atomic E-state index is 0.102. The highest BCUT2D eigenvalue weighted by atomic mass is 16.5. The quantitative estimate of drug-likeness (QED) is 0.289. The molecule has 0 bridgehead atoms. The summed E-state index contributed by atoms with van der Waals surface area (Å²) in [6, 6.07) is 27.1. The predicted molar refractivity (Wildman–Crippen MR) is 118 cm³/mol. The number of fused-ring (bicyclic) bond motifs is 7. The summed E-state index contributed by atoms with van der Waals surface area (Å²) in [6.07, 6.45) is 0. The van der Waals surface area contributed by atoms with Crippen LogP contribution in [0.2, 0.25) is 0 Å². The van der Waals surface area contributed by atoms with Crippen molar-refractivity contribution in [2.45, 2.75) is 0 Å². The van der Waals surface area contributed by atoms with Gasteiger partial charge in [-0.1, -0.05) is 54.6 Å². The number of hydrogen-bond acceptors (Lipinski definition) is 1. The molecule has 0 N–H and O–H groups in total. The molecule has 0 amide bonds. The Balaban J connectivity index is 1.77. The molecular formula is C25H13BN2O. The van der Waals surface area contributed by atoms with Gasteiger partial charge in [-0.05, 0) is 46.0 Å². The first kappa shape index (κ1) is 15.0. The van der Waals surface area contributed by atoms with Crippen molar-refractivity contribution in [1.29, 1.82) is 0 Å². The van der Waals surface area contributed by atoms with Gasteiger partial charge in [0, 0.05) is 16.6 Å². The average molecular weight is 368 g/mol. The molecule has 29 heavy (non-hydrogen) atoms. The Labute approximate surface area is 167 Å². The Hall–Kier alpha value is -3.97. The third kappa shape index (κ3) is 1.69. The smallest absolute Gasteiger partial charge is 0.256 e. The molecular weight excluding hydrogens is 355 g/mol. The topological polar surface area (TPSA) is 18.5 Å². The van der Waals surface area contributed by atoms with Crippen LogP contribution in [0.3, 0.4) is 0 Å². The lowest BCUT2D eigenvalue weighted by Crippen LogP contribution is -2.58. The Morgan fingerprint density at radius 1 is 0.793 bits per heavy atom. The second-order valence-corrected chi connectivity index (χ2v) is 7.62. The molecule has 0 aliphatic carbocycles. The molecule has 0 spiro atoms. The highest BCUT2D eigenvalue weighted by Crippen LogP contribution is 2.40. The third-order valence-electron chi connectivity index (χ3n) is 6.28. The first-order chi connectivity index (χ1) is 14.4. The molecule has 1 aromatic heterocycles. The van der Waals surface area contributed by atoms with E-state index in [1.165, 1.54) is 16.4 Å². The van der Waals surface area contributed by atoms with E-state index >= 15 is 0 Å². The van der Waals surface area contributed by atoms with Crippen LogP contribution in [-0.2, 0) is 0 Å². The van der Waals surface area contributed by atoms with Crippen molar-refractivity contribution in [1.82, 2.24) is 4.57 Å². The van der Waals surface area contributed by atoms with Gasteiger partial charge in [-0.2, -0.15) is 0 Å². The van der Waals surface area contributed by atoms with Gasteiger partial charge in [-0.3, -0.25) is 0 Å². The van der Waals surface area contributed by atoms with Crippen LogP contribution in [0.5, 0.6) is 11.5 Å². The first-order valence-corrected chi connectivity index (χ1v) is 9.70. The van der Waals surface area contributed by atoms with Crippen LogP contribution in [0, 0.1) is 6.57 Å². The molecule has 5 aromatic rings. The van der Waals surface area contributed by atoms with Crippen molar-refractivity contribution >= 4 is 50.6 Å². The van der Waals surface area contributed by atoms with Crippen LogP contribution in [0.4, 0.5) is 5.69 Å². The number of benzene rings is 4. The van der Waals surface area contributed by atoms with Crippen molar-refractivity contribution in [3.8, 4) is 17.2 Å². The normalized spacial score (nSPS) is 13.0. The zero-order valence-corrected chi connectivity index (χ0v) is 15.4. The molecule has 3 heterocycles. The fourth-order valence-electron chi connectivity index (χ4n) is 5.20. The molecule has 2 aliphatic heterocycles. The minimum Gasteiger partial charge on any atom is -0.458 e. The van der Waals surface area contributed by atoms with Gasteiger partial charge in [0.2, 0.25) is 0 Å². The monoisotopic (exact) mass is 368 g/mol. The van der Waals surface area contributed by atoms with Gasteiger partial charge in [-0.15, -0.1) is 0 Å². The number of para-hydroxylation sites is 2. The summed E-state index contributed by atoms with van der Waals surface area (Å²) in [5.41, 5.74) is 7.75. The van der Waals surface area contributed by atoms with Gasteiger partial charge in [-0.25, -0.2) is 4.85 Å². The largest absolute Gasteiger partial charge is 0.458 e. The summed E-state index contributed by atoms with van der Waals surface area (Å²) in [5.74, 6) is 1.83. The zero-order valence-electron chi connectivity index (χ0n) is 15.4. The van der Waals surface area contributed by atoms with Crippen LogP contribution in [0.15, 0.2) is 78.9 Å². The number of ether oxygens (including phenoxy) is 1. The van der Waals surface area contributed by atoms with E-state index in [1.807, 2.05) is 18.2 Å². The van der Waals surface area contributed by atoms with Crippen molar-refractivity contribution in [3.05, 3.63) is 90.3 Å². The zero-order chi connectivity index (χ0) is 19.1. The molecule has 0 unspecified atom stereocenters.